The minimum atomic E-state index is -0.216. The number of carbonyl (C=O) groups is 1. The van der Waals surface area contributed by atoms with E-state index >= 15 is 0 Å². The zero-order valence-corrected chi connectivity index (χ0v) is 13.2. The number of halogens is 2. The van der Waals surface area contributed by atoms with Gasteiger partial charge in [-0.1, -0.05) is 29.3 Å². The maximum absolute atomic E-state index is 12.5. The van der Waals surface area contributed by atoms with Crippen molar-refractivity contribution < 1.29 is 4.79 Å². The van der Waals surface area contributed by atoms with Gasteiger partial charge in [-0.2, -0.15) is 4.37 Å². The topological polar surface area (TPSA) is 46.1 Å². The summed E-state index contributed by atoms with van der Waals surface area (Å²) in [5, 5.41) is 1.70. The van der Waals surface area contributed by atoms with Gasteiger partial charge >= 0.3 is 0 Å². The van der Waals surface area contributed by atoms with Gasteiger partial charge in [0.25, 0.3) is 5.91 Å². The van der Waals surface area contributed by atoms with Crippen molar-refractivity contribution >= 4 is 56.5 Å². The molecule has 0 aliphatic rings. The number of benzene rings is 1. The number of fused-ring (bicyclic) bond motifs is 1. The summed E-state index contributed by atoms with van der Waals surface area (Å²) in [6.07, 6.45) is 1.44. The molecule has 0 bridgehead atoms. The minimum Gasteiger partial charge on any atom is -0.294 e. The molecule has 0 radical (unpaired) electrons. The standard InChI is InChI=1S/C14H9Cl2N3OS/c1-19(14(20)8-5-6-11(16)17-7-8)13-12-9(15)3-2-4-10(12)21-18-13/h2-7H,1H3. The van der Waals surface area contributed by atoms with Crippen molar-refractivity contribution in [1.82, 2.24) is 9.36 Å². The fraction of sp³-hybridized carbons (Fsp3) is 0.0714. The minimum absolute atomic E-state index is 0.216. The van der Waals surface area contributed by atoms with E-state index in [1.807, 2.05) is 12.1 Å². The fourth-order valence-corrected chi connectivity index (χ4v) is 3.21. The molecule has 1 amide bonds. The summed E-state index contributed by atoms with van der Waals surface area (Å²) in [6, 6.07) is 8.77. The Hall–Kier alpha value is -1.69. The molecule has 7 heteroatoms. The highest BCUT2D eigenvalue weighted by Crippen LogP contribution is 2.35. The molecule has 0 unspecified atom stereocenters. The zero-order valence-electron chi connectivity index (χ0n) is 10.9. The van der Waals surface area contributed by atoms with Crippen LogP contribution in [0.5, 0.6) is 0 Å². The average molecular weight is 338 g/mol. The summed E-state index contributed by atoms with van der Waals surface area (Å²) in [6.45, 7) is 0. The Bertz CT molecular complexity index is 817. The largest absolute Gasteiger partial charge is 0.294 e. The normalized spacial score (nSPS) is 10.8. The van der Waals surface area contributed by atoms with E-state index in [2.05, 4.69) is 9.36 Å². The highest BCUT2D eigenvalue weighted by atomic mass is 35.5. The highest BCUT2D eigenvalue weighted by molar-refractivity contribution is 7.13. The van der Waals surface area contributed by atoms with Gasteiger partial charge in [0.05, 0.1) is 20.7 Å². The maximum Gasteiger partial charge on any atom is 0.260 e. The smallest absolute Gasteiger partial charge is 0.260 e. The lowest BCUT2D eigenvalue weighted by molar-refractivity contribution is 0.0992. The van der Waals surface area contributed by atoms with Crippen molar-refractivity contribution in [3.8, 4) is 0 Å². The van der Waals surface area contributed by atoms with E-state index in [-0.39, 0.29) is 5.91 Å². The molecule has 106 valence electrons. The number of nitrogens with zero attached hydrogens (tertiary/aromatic N) is 3. The van der Waals surface area contributed by atoms with Crippen LogP contribution < -0.4 is 4.90 Å². The second-order valence-electron chi connectivity index (χ2n) is 4.35. The number of carbonyl (C=O) groups excluding carboxylic acids is 1. The Labute approximate surface area is 135 Å². The first-order valence-corrected chi connectivity index (χ1v) is 7.54. The molecule has 1 aromatic carbocycles. The predicted octanol–water partition coefficient (Wildman–Crippen LogP) is 4.27. The van der Waals surface area contributed by atoms with Crippen LogP contribution in [0.2, 0.25) is 10.2 Å². The van der Waals surface area contributed by atoms with Crippen LogP contribution in [0, 0.1) is 0 Å². The first-order valence-electron chi connectivity index (χ1n) is 6.01. The molecule has 21 heavy (non-hydrogen) atoms. The Morgan fingerprint density at radius 2 is 2.05 bits per heavy atom. The van der Waals surface area contributed by atoms with Gasteiger partial charge in [-0.3, -0.25) is 9.69 Å². The molecule has 3 aromatic rings. The lowest BCUT2D eigenvalue weighted by atomic mass is 10.2. The number of amides is 1. The Balaban J connectivity index is 2.02. The molecule has 2 heterocycles. The molecule has 0 atom stereocenters. The lowest BCUT2D eigenvalue weighted by Gasteiger charge is -2.15. The highest BCUT2D eigenvalue weighted by Gasteiger charge is 2.20. The molecule has 0 spiro atoms. The molecule has 4 nitrogen and oxygen atoms in total. The van der Waals surface area contributed by atoms with Crippen molar-refractivity contribution in [3.63, 3.8) is 0 Å². The third-order valence-electron chi connectivity index (χ3n) is 3.03. The van der Waals surface area contributed by atoms with Gasteiger partial charge < -0.3 is 0 Å². The van der Waals surface area contributed by atoms with Crippen molar-refractivity contribution in [1.29, 1.82) is 0 Å². The van der Waals surface area contributed by atoms with E-state index in [0.717, 1.165) is 10.1 Å². The van der Waals surface area contributed by atoms with Gasteiger partial charge in [-0.25, -0.2) is 4.98 Å². The number of hydrogen-bond acceptors (Lipinski definition) is 4. The van der Waals surface area contributed by atoms with Crippen LogP contribution in [0.3, 0.4) is 0 Å². The van der Waals surface area contributed by atoms with E-state index in [9.17, 15) is 4.79 Å². The lowest BCUT2D eigenvalue weighted by Crippen LogP contribution is -2.26. The second kappa shape index (κ2) is 5.60. The van der Waals surface area contributed by atoms with E-state index in [4.69, 9.17) is 23.2 Å². The van der Waals surface area contributed by atoms with Crippen molar-refractivity contribution in [2.24, 2.45) is 0 Å². The van der Waals surface area contributed by atoms with Gasteiger partial charge in [0.15, 0.2) is 5.82 Å². The van der Waals surface area contributed by atoms with Gasteiger partial charge in [0, 0.05) is 13.2 Å². The average Bonchev–Trinajstić information content (AvgIpc) is 2.92. The maximum atomic E-state index is 12.5. The molecular formula is C14H9Cl2N3OS. The fourth-order valence-electron chi connectivity index (χ4n) is 1.96. The number of pyridine rings is 1. The van der Waals surface area contributed by atoms with Crippen molar-refractivity contribution in [2.45, 2.75) is 0 Å². The third-order valence-corrected chi connectivity index (χ3v) is 4.37. The van der Waals surface area contributed by atoms with Gasteiger partial charge in [0.1, 0.15) is 5.15 Å². The van der Waals surface area contributed by atoms with Crippen LogP contribution in [-0.4, -0.2) is 22.3 Å². The summed E-state index contributed by atoms with van der Waals surface area (Å²) in [7, 11) is 1.66. The first-order chi connectivity index (χ1) is 10.1. The Morgan fingerprint density at radius 3 is 2.76 bits per heavy atom. The molecule has 0 N–H and O–H groups in total. The number of anilines is 1. The molecule has 0 saturated carbocycles. The van der Waals surface area contributed by atoms with Crippen LogP contribution in [0.1, 0.15) is 10.4 Å². The van der Waals surface area contributed by atoms with E-state index < -0.39 is 0 Å². The molecule has 3 rings (SSSR count). The second-order valence-corrected chi connectivity index (χ2v) is 5.95. The van der Waals surface area contributed by atoms with E-state index in [1.165, 1.54) is 22.6 Å². The quantitative estimate of drug-likeness (QED) is 0.656. The van der Waals surface area contributed by atoms with E-state index in [1.54, 1.807) is 25.2 Å². The molecule has 0 saturated heterocycles. The van der Waals surface area contributed by atoms with Gasteiger partial charge in [-0.15, -0.1) is 0 Å². The third kappa shape index (κ3) is 2.60. The predicted molar refractivity (Wildman–Crippen MR) is 86.6 cm³/mol. The number of aromatic nitrogens is 2. The summed E-state index contributed by atoms with van der Waals surface area (Å²) in [5.74, 6) is 0.326. The van der Waals surface area contributed by atoms with Gasteiger partial charge in [0.2, 0.25) is 0 Å². The molecular weight excluding hydrogens is 329 g/mol. The number of hydrogen-bond donors (Lipinski definition) is 0. The zero-order chi connectivity index (χ0) is 15.0. The summed E-state index contributed by atoms with van der Waals surface area (Å²) in [5.41, 5.74) is 0.440. The Morgan fingerprint density at radius 1 is 1.24 bits per heavy atom. The van der Waals surface area contributed by atoms with E-state index in [0.29, 0.717) is 21.6 Å². The Kier molecular flexibility index (Phi) is 3.80. The van der Waals surface area contributed by atoms with Crippen LogP contribution >= 0.6 is 34.7 Å². The van der Waals surface area contributed by atoms with Crippen LogP contribution in [0.15, 0.2) is 36.5 Å². The molecule has 0 aliphatic carbocycles. The first kappa shape index (κ1) is 14.3. The molecule has 0 aliphatic heterocycles. The SMILES string of the molecule is CN(C(=O)c1ccc(Cl)nc1)c1nsc2cccc(Cl)c12. The van der Waals surface area contributed by atoms with Crippen molar-refractivity contribution in [3.05, 3.63) is 52.3 Å². The summed E-state index contributed by atoms with van der Waals surface area (Å²) >= 11 is 13.3. The number of rotatable bonds is 2. The van der Waals surface area contributed by atoms with Crippen LogP contribution in [-0.2, 0) is 0 Å². The summed E-state index contributed by atoms with van der Waals surface area (Å²) < 4.78 is 5.27. The molecule has 2 aromatic heterocycles. The summed E-state index contributed by atoms with van der Waals surface area (Å²) in [4.78, 5) is 17.9. The van der Waals surface area contributed by atoms with Crippen molar-refractivity contribution in [2.75, 3.05) is 11.9 Å². The molecule has 0 fully saturated rings. The van der Waals surface area contributed by atoms with Crippen LogP contribution in [0.25, 0.3) is 10.1 Å². The van der Waals surface area contributed by atoms with Gasteiger partial charge in [-0.05, 0) is 35.8 Å². The van der Waals surface area contributed by atoms with Crippen LogP contribution in [0.4, 0.5) is 5.82 Å². The monoisotopic (exact) mass is 337 g/mol.